The minimum absolute atomic E-state index is 0. The van der Waals surface area contributed by atoms with Gasteiger partial charge in [-0.05, 0) is 37.6 Å². The number of aromatic hydroxyl groups is 1. The van der Waals surface area contributed by atoms with Gasteiger partial charge in [-0.3, -0.25) is 0 Å². The summed E-state index contributed by atoms with van der Waals surface area (Å²) in [6.07, 6.45) is 2.48. The van der Waals surface area contributed by atoms with Gasteiger partial charge in [-0.25, -0.2) is 4.39 Å². The SMILES string of the molecule is Cl.NCCCC[C@H](N)c1cc(F)ccc1O. The van der Waals surface area contributed by atoms with Crippen LogP contribution >= 0.6 is 12.4 Å². The molecule has 0 bridgehead atoms. The van der Waals surface area contributed by atoms with Crippen LogP contribution in [-0.2, 0) is 0 Å². The quantitative estimate of drug-likeness (QED) is 0.699. The number of halogens is 2. The van der Waals surface area contributed by atoms with Crippen LogP contribution < -0.4 is 11.5 Å². The van der Waals surface area contributed by atoms with Crippen molar-refractivity contribution in [2.24, 2.45) is 11.5 Å². The Morgan fingerprint density at radius 3 is 2.62 bits per heavy atom. The van der Waals surface area contributed by atoms with Gasteiger partial charge >= 0.3 is 0 Å². The van der Waals surface area contributed by atoms with Crippen LogP contribution in [0, 0.1) is 5.82 Å². The highest BCUT2D eigenvalue weighted by molar-refractivity contribution is 5.85. The van der Waals surface area contributed by atoms with Crippen molar-refractivity contribution in [2.45, 2.75) is 25.3 Å². The molecule has 0 amide bonds. The predicted molar refractivity (Wildman–Crippen MR) is 65.1 cm³/mol. The van der Waals surface area contributed by atoms with Gasteiger partial charge in [-0.15, -0.1) is 12.4 Å². The number of phenols is 1. The first kappa shape index (κ1) is 15.2. The Bertz CT molecular complexity index is 323. The lowest BCUT2D eigenvalue weighted by Gasteiger charge is -2.13. The summed E-state index contributed by atoms with van der Waals surface area (Å²) in [6, 6.07) is 3.49. The second-order valence-electron chi connectivity index (χ2n) is 3.59. The van der Waals surface area contributed by atoms with E-state index >= 15 is 0 Å². The van der Waals surface area contributed by atoms with Gasteiger partial charge in [-0.2, -0.15) is 0 Å². The first-order valence-corrected chi connectivity index (χ1v) is 5.09. The minimum Gasteiger partial charge on any atom is -0.508 e. The molecule has 0 saturated heterocycles. The molecule has 1 rings (SSSR count). The number of hydrogen-bond acceptors (Lipinski definition) is 3. The van der Waals surface area contributed by atoms with Gasteiger partial charge in [0.2, 0.25) is 0 Å². The highest BCUT2D eigenvalue weighted by Gasteiger charge is 2.11. The molecule has 1 atom stereocenters. The normalized spacial score (nSPS) is 11.9. The van der Waals surface area contributed by atoms with Crippen molar-refractivity contribution in [1.82, 2.24) is 0 Å². The molecule has 5 N–H and O–H groups in total. The summed E-state index contributed by atoms with van der Waals surface area (Å²) >= 11 is 0. The van der Waals surface area contributed by atoms with Crippen LogP contribution in [0.15, 0.2) is 18.2 Å². The fourth-order valence-corrected chi connectivity index (χ4v) is 1.49. The van der Waals surface area contributed by atoms with E-state index in [2.05, 4.69) is 0 Å². The topological polar surface area (TPSA) is 72.3 Å². The van der Waals surface area contributed by atoms with E-state index in [1.807, 2.05) is 0 Å². The highest BCUT2D eigenvalue weighted by atomic mass is 35.5. The lowest BCUT2D eigenvalue weighted by atomic mass is 10.0. The number of hydrogen-bond donors (Lipinski definition) is 3. The van der Waals surface area contributed by atoms with E-state index in [4.69, 9.17) is 11.5 Å². The van der Waals surface area contributed by atoms with E-state index in [1.54, 1.807) is 0 Å². The molecule has 0 fully saturated rings. The molecule has 0 spiro atoms. The van der Waals surface area contributed by atoms with Crippen molar-refractivity contribution in [3.8, 4) is 5.75 Å². The molecule has 92 valence electrons. The second kappa shape index (κ2) is 7.44. The van der Waals surface area contributed by atoms with Gasteiger partial charge in [0.1, 0.15) is 11.6 Å². The van der Waals surface area contributed by atoms with E-state index in [0.717, 1.165) is 12.8 Å². The maximum Gasteiger partial charge on any atom is 0.123 e. The minimum atomic E-state index is -0.378. The molecule has 1 aromatic carbocycles. The van der Waals surface area contributed by atoms with E-state index in [9.17, 15) is 9.50 Å². The number of unbranched alkanes of at least 4 members (excludes halogenated alkanes) is 1. The summed E-state index contributed by atoms with van der Waals surface area (Å²) in [5.41, 5.74) is 11.7. The number of phenolic OH excluding ortho intramolecular Hbond substituents is 1. The molecule has 16 heavy (non-hydrogen) atoms. The summed E-state index contributed by atoms with van der Waals surface area (Å²) in [7, 11) is 0. The zero-order valence-corrected chi connectivity index (χ0v) is 9.84. The van der Waals surface area contributed by atoms with Crippen LogP contribution in [0.2, 0.25) is 0 Å². The lowest BCUT2D eigenvalue weighted by Crippen LogP contribution is -2.11. The molecule has 0 aliphatic rings. The Balaban J connectivity index is 0.00000225. The van der Waals surface area contributed by atoms with E-state index in [0.29, 0.717) is 18.5 Å². The van der Waals surface area contributed by atoms with Crippen molar-refractivity contribution in [1.29, 1.82) is 0 Å². The molecule has 1 aromatic rings. The Kier molecular flexibility index (Phi) is 7.05. The third-order valence-corrected chi connectivity index (χ3v) is 2.36. The molecule has 5 heteroatoms. The fraction of sp³-hybridized carbons (Fsp3) is 0.455. The summed E-state index contributed by atoms with van der Waals surface area (Å²) in [4.78, 5) is 0. The summed E-state index contributed by atoms with van der Waals surface area (Å²) in [6.45, 7) is 0.627. The molecule has 0 aliphatic carbocycles. The molecule has 0 aromatic heterocycles. The number of nitrogens with two attached hydrogens (primary N) is 2. The largest absolute Gasteiger partial charge is 0.508 e. The molecular formula is C11H18ClFN2O. The lowest BCUT2D eigenvalue weighted by molar-refractivity contribution is 0.453. The monoisotopic (exact) mass is 248 g/mol. The maximum absolute atomic E-state index is 12.9. The van der Waals surface area contributed by atoms with Crippen molar-refractivity contribution in [2.75, 3.05) is 6.54 Å². The third-order valence-electron chi connectivity index (χ3n) is 2.36. The molecule has 0 radical (unpaired) electrons. The van der Waals surface area contributed by atoms with Gasteiger partial charge < -0.3 is 16.6 Å². The zero-order valence-electron chi connectivity index (χ0n) is 9.03. The maximum atomic E-state index is 12.9. The zero-order chi connectivity index (χ0) is 11.3. The fourth-order valence-electron chi connectivity index (χ4n) is 1.49. The van der Waals surface area contributed by atoms with Crippen LogP contribution in [-0.4, -0.2) is 11.7 Å². The Labute approximate surface area is 101 Å². The van der Waals surface area contributed by atoms with Crippen LogP contribution in [0.4, 0.5) is 4.39 Å². The van der Waals surface area contributed by atoms with Gasteiger partial charge in [-0.1, -0.05) is 6.42 Å². The first-order valence-electron chi connectivity index (χ1n) is 5.09. The van der Waals surface area contributed by atoms with Crippen LogP contribution in [0.1, 0.15) is 30.9 Å². The van der Waals surface area contributed by atoms with Crippen LogP contribution in [0.5, 0.6) is 5.75 Å². The van der Waals surface area contributed by atoms with E-state index < -0.39 is 0 Å². The summed E-state index contributed by atoms with van der Waals surface area (Å²) in [5, 5.41) is 9.49. The van der Waals surface area contributed by atoms with Crippen LogP contribution in [0.25, 0.3) is 0 Å². The van der Waals surface area contributed by atoms with Gasteiger partial charge in [0.25, 0.3) is 0 Å². The van der Waals surface area contributed by atoms with E-state index in [-0.39, 0.29) is 30.0 Å². The van der Waals surface area contributed by atoms with Gasteiger partial charge in [0.05, 0.1) is 0 Å². The molecular weight excluding hydrogens is 231 g/mol. The smallest absolute Gasteiger partial charge is 0.123 e. The Morgan fingerprint density at radius 2 is 2.00 bits per heavy atom. The summed E-state index contributed by atoms with van der Waals surface area (Å²) in [5.74, 6) is -0.325. The summed E-state index contributed by atoms with van der Waals surface area (Å²) < 4.78 is 12.9. The van der Waals surface area contributed by atoms with E-state index in [1.165, 1.54) is 18.2 Å². The molecule has 0 aliphatic heterocycles. The van der Waals surface area contributed by atoms with Gasteiger partial charge in [0, 0.05) is 11.6 Å². The first-order chi connectivity index (χ1) is 7.15. The molecule has 0 unspecified atom stereocenters. The highest BCUT2D eigenvalue weighted by Crippen LogP contribution is 2.26. The average Bonchev–Trinajstić information content (AvgIpc) is 2.22. The Hall–Kier alpha value is -0.840. The second-order valence-corrected chi connectivity index (χ2v) is 3.59. The van der Waals surface area contributed by atoms with Gasteiger partial charge in [0.15, 0.2) is 0 Å². The molecule has 0 heterocycles. The van der Waals surface area contributed by atoms with Crippen molar-refractivity contribution >= 4 is 12.4 Å². The Morgan fingerprint density at radius 1 is 1.31 bits per heavy atom. The van der Waals surface area contributed by atoms with Crippen LogP contribution in [0.3, 0.4) is 0 Å². The number of benzene rings is 1. The van der Waals surface area contributed by atoms with Crippen molar-refractivity contribution in [3.63, 3.8) is 0 Å². The third kappa shape index (κ3) is 4.35. The number of rotatable bonds is 5. The van der Waals surface area contributed by atoms with Crippen molar-refractivity contribution in [3.05, 3.63) is 29.6 Å². The molecule has 3 nitrogen and oxygen atoms in total. The standard InChI is InChI=1S/C11H17FN2O.ClH/c12-8-4-5-11(15)9(7-8)10(14)3-1-2-6-13;/h4-5,7,10,15H,1-3,6,13-14H2;1H/t10-;/m0./s1. The average molecular weight is 249 g/mol. The molecule has 0 saturated carbocycles. The van der Waals surface area contributed by atoms with Crippen molar-refractivity contribution < 1.29 is 9.50 Å². The predicted octanol–water partition coefficient (Wildman–Crippen LogP) is 2.08.